The summed E-state index contributed by atoms with van der Waals surface area (Å²) in [7, 11) is -3.68. The first-order valence-corrected chi connectivity index (χ1v) is 12.5. The SMILES string of the molecule is CCOc1ccccc1CC(=S)Cc1ccc(S(=O)(=O)Nc2c(C)cc(C)cc2C)cc1. The molecule has 0 saturated carbocycles. The summed E-state index contributed by atoms with van der Waals surface area (Å²) in [6.07, 6.45) is 1.23. The Morgan fingerprint density at radius 2 is 1.56 bits per heavy atom. The third-order valence-electron chi connectivity index (χ3n) is 5.21. The average Bonchev–Trinajstić information content (AvgIpc) is 2.73. The molecule has 32 heavy (non-hydrogen) atoms. The molecule has 3 aromatic carbocycles. The molecule has 0 atom stereocenters. The lowest BCUT2D eigenvalue weighted by molar-refractivity contribution is 0.337. The summed E-state index contributed by atoms with van der Waals surface area (Å²) in [5, 5.41) is 0. The molecule has 0 bridgehead atoms. The van der Waals surface area contributed by atoms with E-state index in [1.165, 1.54) is 0 Å². The molecule has 6 heteroatoms. The maximum Gasteiger partial charge on any atom is 0.261 e. The van der Waals surface area contributed by atoms with Crippen molar-refractivity contribution in [3.63, 3.8) is 0 Å². The van der Waals surface area contributed by atoms with Crippen molar-refractivity contribution in [1.29, 1.82) is 0 Å². The highest BCUT2D eigenvalue weighted by Crippen LogP contribution is 2.25. The second kappa shape index (κ2) is 10.3. The van der Waals surface area contributed by atoms with Crippen molar-refractivity contribution in [3.8, 4) is 5.75 Å². The van der Waals surface area contributed by atoms with Gasteiger partial charge in [-0.05, 0) is 68.1 Å². The number of anilines is 1. The minimum Gasteiger partial charge on any atom is -0.494 e. The van der Waals surface area contributed by atoms with Gasteiger partial charge in [-0.3, -0.25) is 4.72 Å². The number of sulfonamides is 1. The number of thiocarbonyl (C=S) groups is 1. The summed E-state index contributed by atoms with van der Waals surface area (Å²) < 4.78 is 34.2. The molecular weight excluding hydrogens is 438 g/mol. The molecule has 0 radical (unpaired) electrons. The van der Waals surface area contributed by atoms with E-state index in [9.17, 15) is 8.42 Å². The molecule has 0 aliphatic rings. The maximum absolute atomic E-state index is 12.9. The standard InChI is InChI=1S/C26H29NO3S2/c1-5-30-25-9-7-6-8-22(25)17-23(31)16-21-10-12-24(13-11-21)32(28,29)27-26-19(3)14-18(2)15-20(26)4/h6-15,27H,5,16-17H2,1-4H3. The number of rotatable bonds is 9. The van der Waals surface area contributed by atoms with Gasteiger partial charge >= 0.3 is 0 Å². The molecule has 0 amide bonds. The quantitative estimate of drug-likeness (QED) is 0.394. The van der Waals surface area contributed by atoms with E-state index in [2.05, 4.69) is 4.72 Å². The number of hydrogen-bond donors (Lipinski definition) is 1. The third kappa shape index (κ3) is 5.96. The van der Waals surface area contributed by atoms with Crippen LogP contribution in [-0.2, 0) is 22.9 Å². The maximum atomic E-state index is 12.9. The molecular formula is C26H29NO3S2. The lowest BCUT2D eigenvalue weighted by atomic mass is 10.0. The summed E-state index contributed by atoms with van der Waals surface area (Å²) in [6, 6.07) is 18.8. The van der Waals surface area contributed by atoms with Crippen molar-refractivity contribution in [2.75, 3.05) is 11.3 Å². The summed E-state index contributed by atoms with van der Waals surface area (Å²) in [5.41, 5.74) is 5.58. The smallest absolute Gasteiger partial charge is 0.261 e. The molecule has 0 saturated heterocycles. The average molecular weight is 468 g/mol. The first kappa shape index (κ1) is 24.0. The van der Waals surface area contributed by atoms with Crippen LogP contribution >= 0.6 is 12.2 Å². The van der Waals surface area contributed by atoms with E-state index in [-0.39, 0.29) is 4.90 Å². The number of ether oxygens (including phenoxy) is 1. The second-order valence-corrected chi connectivity index (χ2v) is 10.2. The van der Waals surface area contributed by atoms with Gasteiger partial charge in [0.15, 0.2) is 0 Å². The van der Waals surface area contributed by atoms with Crippen LogP contribution in [0.1, 0.15) is 34.7 Å². The predicted molar refractivity (Wildman–Crippen MR) is 136 cm³/mol. The van der Waals surface area contributed by atoms with Gasteiger partial charge < -0.3 is 4.74 Å². The lowest BCUT2D eigenvalue weighted by Gasteiger charge is -2.15. The lowest BCUT2D eigenvalue weighted by Crippen LogP contribution is -2.15. The Balaban J connectivity index is 1.70. The monoisotopic (exact) mass is 467 g/mol. The van der Waals surface area contributed by atoms with Crippen LogP contribution in [0.15, 0.2) is 65.6 Å². The van der Waals surface area contributed by atoms with Gasteiger partial charge in [-0.15, -0.1) is 0 Å². The zero-order chi connectivity index (χ0) is 23.3. The molecule has 0 spiro atoms. The summed E-state index contributed by atoms with van der Waals surface area (Å²) in [6.45, 7) is 8.38. The Morgan fingerprint density at radius 1 is 0.938 bits per heavy atom. The highest BCUT2D eigenvalue weighted by atomic mass is 32.2. The number of nitrogens with one attached hydrogen (secondary N) is 1. The van der Waals surface area contributed by atoms with Crippen LogP contribution in [-0.4, -0.2) is 19.9 Å². The largest absolute Gasteiger partial charge is 0.494 e. The molecule has 4 nitrogen and oxygen atoms in total. The van der Waals surface area contributed by atoms with E-state index >= 15 is 0 Å². The van der Waals surface area contributed by atoms with Gasteiger partial charge in [0.25, 0.3) is 10.0 Å². The molecule has 3 rings (SSSR count). The molecule has 3 aromatic rings. The van der Waals surface area contributed by atoms with Gasteiger partial charge in [0, 0.05) is 17.7 Å². The predicted octanol–water partition coefficient (Wildman–Crippen LogP) is 5.97. The van der Waals surface area contributed by atoms with Crippen molar-refractivity contribution in [3.05, 3.63) is 88.5 Å². The van der Waals surface area contributed by atoms with Crippen molar-refractivity contribution in [2.24, 2.45) is 0 Å². The zero-order valence-corrected chi connectivity index (χ0v) is 20.6. The van der Waals surface area contributed by atoms with Gasteiger partial charge in [-0.1, -0.05) is 60.2 Å². The Labute approximate surface area is 196 Å². The molecule has 0 aliphatic carbocycles. The summed E-state index contributed by atoms with van der Waals surface area (Å²) in [4.78, 5) is 1.10. The molecule has 1 N–H and O–H groups in total. The van der Waals surface area contributed by atoms with Gasteiger partial charge in [-0.25, -0.2) is 8.42 Å². The number of aryl methyl sites for hydroxylation is 3. The Hall–Kier alpha value is -2.70. The Bertz CT molecular complexity index is 1190. The van der Waals surface area contributed by atoms with E-state index in [4.69, 9.17) is 17.0 Å². The molecule has 0 aromatic heterocycles. The van der Waals surface area contributed by atoms with Gasteiger partial charge in [0.05, 0.1) is 17.2 Å². The number of benzene rings is 3. The molecule has 0 unspecified atom stereocenters. The molecule has 0 aliphatic heterocycles. The van der Waals surface area contributed by atoms with Crippen molar-refractivity contribution in [1.82, 2.24) is 0 Å². The van der Waals surface area contributed by atoms with E-state index in [0.717, 1.165) is 38.4 Å². The first-order valence-electron chi connectivity index (χ1n) is 10.6. The number of hydrogen-bond acceptors (Lipinski definition) is 4. The van der Waals surface area contributed by atoms with Crippen LogP contribution in [0.2, 0.25) is 0 Å². The Morgan fingerprint density at radius 3 is 2.19 bits per heavy atom. The fourth-order valence-electron chi connectivity index (χ4n) is 3.77. The molecule has 0 heterocycles. The van der Waals surface area contributed by atoms with E-state index in [1.807, 2.05) is 76.2 Å². The minimum atomic E-state index is -3.68. The molecule has 168 valence electrons. The summed E-state index contributed by atoms with van der Waals surface area (Å²) in [5.74, 6) is 0.853. The summed E-state index contributed by atoms with van der Waals surface area (Å²) >= 11 is 5.61. The topological polar surface area (TPSA) is 55.4 Å². The van der Waals surface area contributed by atoms with Crippen molar-refractivity contribution >= 4 is 32.8 Å². The minimum absolute atomic E-state index is 0.230. The van der Waals surface area contributed by atoms with Gasteiger partial charge in [0.1, 0.15) is 5.75 Å². The normalized spacial score (nSPS) is 11.2. The van der Waals surface area contributed by atoms with Crippen LogP contribution in [0, 0.1) is 20.8 Å². The molecule has 0 fully saturated rings. The van der Waals surface area contributed by atoms with Crippen LogP contribution in [0.3, 0.4) is 0 Å². The van der Waals surface area contributed by atoms with Crippen LogP contribution in [0.5, 0.6) is 5.75 Å². The highest BCUT2D eigenvalue weighted by Gasteiger charge is 2.17. The van der Waals surface area contributed by atoms with Crippen LogP contribution in [0.25, 0.3) is 0 Å². The van der Waals surface area contributed by atoms with Crippen molar-refractivity contribution in [2.45, 2.75) is 45.4 Å². The zero-order valence-electron chi connectivity index (χ0n) is 18.9. The fourth-order valence-corrected chi connectivity index (χ4v) is 5.29. The van der Waals surface area contributed by atoms with Gasteiger partial charge in [0.2, 0.25) is 0 Å². The highest BCUT2D eigenvalue weighted by molar-refractivity contribution is 7.92. The van der Waals surface area contributed by atoms with E-state index in [0.29, 0.717) is 25.1 Å². The Kier molecular flexibility index (Phi) is 7.69. The van der Waals surface area contributed by atoms with Crippen LogP contribution in [0.4, 0.5) is 5.69 Å². The van der Waals surface area contributed by atoms with E-state index in [1.54, 1.807) is 12.1 Å². The van der Waals surface area contributed by atoms with Gasteiger partial charge in [-0.2, -0.15) is 0 Å². The fraction of sp³-hybridized carbons (Fsp3) is 0.269. The first-order chi connectivity index (χ1) is 15.2. The van der Waals surface area contributed by atoms with Crippen LogP contribution < -0.4 is 9.46 Å². The third-order valence-corrected chi connectivity index (χ3v) is 6.86. The van der Waals surface area contributed by atoms with Crippen molar-refractivity contribution < 1.29 is 13.2 Å². The second-order valence-electron chi connectivity index (χ2n) is 7.96. The number of para-hydroxylation sites is 1. The van der Waals surface area contributed by atoms with E-state index < -0.39 is 10.0 Å².